The normalized spacial score (nSPS) is 16.6. The van der Waals surface area contributed by atoms with Gasteiger partial charge in [-0.3, -0.25) is 4.79 Å². The molecule has 0 unspecified atom stereocenters. The lowest BCUT2D eigenvalue weighted by molar-refractivity contribution is 0.0980. The number of fused-ring (bicyclic) bond motifs is 5. The van der Waals surface area contributed by atoms with Gasteiger partial charge in [0.05, 0.1) is 5.69 Å². The van der Waals surface area contributed by atoms with Crippen LogP contribution in [0.25, 0.3) is 28.2 Å². The maximum absolute atomic E-state index is 12.9. The van der Waals surface area contributed by atoms with Crippen molar-refractivity contribution in [3.05, 3.63) is 64.7 Å². The van der Waals surface area contributed by atoms with Crippen molar-refractivity contribution in [1.82, 2.24) is 13.6 Å². The number of benzene rings is 2. The van der Waals surface area contributed by atoms with Crippen LogP contribution in [0, 0.1) is 0 Å². The van der Waals surface area contributed by atoms with Crippen molar-refractivity contribution in [2.75, 3.05) is 14.1 Å². The highest BCUT2D eigenvalue weighted by Gasteiger charge is 2.29. The number of carbonyl (C=O) groups is 1. The highest BCUT2D eigenvalue weighted by atomic mass is 32.2. The zero-order valence-corrected chi connectivity index (χ0v) is 20.8. The molecule has 0 saturated heterocycles. The Balaban J connectivity index is 1.73. The van der Waals surface area contributed by atoms with E-state index >= 15 is 0 Å². The summed E-state index contributed by atoms with van der Waals surface area (Å²) < 4.78 is 29.9. The van der Waals surface area contributed by atoms with Crippen LogP contribution in [0.3, 0.4) is 0 Å². The van der Waals surface area contributed by atoms with Gasteiger partial charge in [-0.15, -0.1) is 0 Å². The fourth-order valence-corrected chi connectivity index (χ4v) is 5.98. The number of nitrogens with zero attached hydrogens (tertiary/aromatic N) is 2. The van der Waals surface area contributed by atoms with Gasteiger partial charge in [-0.05, 0) is 48.9 Å². The van der Waals surface area contributed by atoms with Crippen molar-refractivity contribution >= 4 is 33.1 Å². The van der Waals surface area contributed by atoms with Crippen molar-refractivity contribution in [3.63, 3.8) is 0 Å². The van der Waals surface area contributed by atoms with Gasteiger partial charge in [0.25, 0.3) is 5.91 Å². The number of aromatic nitrogens is 1. The van der Waals surface area contributed by atoms with Gasteiger partial charge in [-0.25, -0.2) is 4.72 Å². The molecule has 0 bridgehead atoms. The first-order valence-electron chi connectivity index (χ1n) is 11.9. The largest absolute Gasteiger partial charge is 0.336 e. The Morgan fingerprint density at radius 3 is 2.53 bits per heavy atom. The van der Waals surface area contributed by atoms with Crippen LogP contribution in [0.2, 0.25) is 0 Å². The first-order chi connectivity index (χ1) is 16.3. The van der Waals surface area contributed by atoms with Crippen molar-refractivity contribution in [1.29, 1.82) is 0 Å². The predicted octanol–water partition coefficient (Wildman–Crippen LogP) is 5.31. The Bertz CT molecular complexity index is 1410. The number of carbonyl (C=O) groups excluding carboxylic acids is 1. The first kappa shape index (κ1) is 22.9. The average Bonchev–Trinajstić information content (AvgIpc) is 3.04. The van der Waals surface area contributed by atoms with Crippen LogP contribution in [-0.4, -0.2) is 37.3 Å². The molecule has 7 heteroatoms. The Morgan fingerprint density at radius 1 is 1.06 bits per heavy atom. The minimum atomic E-state index is -3.86. The van der Waals surface area contributed by atoms with Gasteiger partial charge >= 0.3 is 10.2 Å². The SMILES string of the molecule is CC1=Cc2ccccc2-c2c(C3CCCCC3)c3ccc(C(=O)NS(=O)(=O)N(C)C)cc3n2C1. The number of nitrogens with one attached hydrogen (secondary N) is 1. The lowest BCUT2D eigenvalue weighted by Crippen LogP contribution is -2.39. The van der Waals surface area contributed by atoms with E-state index in [0.29, 0.717) is 11.5 Å². The Morgan fingerprint density at radius 2 is 1.79 bits per heavy atom. The summed E-state index contributed by atoms with van der Waals surface area (Å²) in [6, 6.07) is 14.1. The van der Waals surface area contributed by atoms with Gasteiger partial charge in [-0.2, -0.15) is 12.7 Å². The van der Waals surface area contributed by atoms with Crippen molar-refractivity contribution < 1.29 is 13.2 Å². The second kappa shape index (κ2) is 8.71. The van der Waals surface area contributed by atoms with Crippen LogP contribution in [0.1, 0.15) is 66.4 Å². The van der Waals surface area contributed by atoms with E-state index in [9.17, 15) is 13.2 Å². The molecule has 1 aliphatic heterocycles. The van der Waals surface area contributed by atoms with Crippen molar-refractivity contribution in [2.24, 2.45) is 0 Å². The number of hydrogen-bond donors (Lipinski definition) is 1. The van der Waals surface area contributed by atoms with Gasteiger partial charge < -0.3 is 4.57 Å². The molecule has 178 valence electrons. The zero-order chi connectivity index (χ0) is 24.0. The van der Waals surface area contributed by atoms with E-state index in [1.807, 2.05) is 12.1 Å². The highest BCUT2D eigenvalue weighted by molar-refractivity contribution is 7.87. The summed E-state index contributed by atoms with van der Waals surface area (Å²) in [6.45, 7) is 2.87. The number of hydrogen-bond acceptors (Lipinski definition) is 3. The third-order valence-electron chi connectivity index (χ3n) is 7.11. The second-order valence-electron chi connectivity index (χ2n) is 9.71. The molecule has 3 aromatic rings. The van der Waals surface area contributed by atoms with Crippen molar-refractivity contribution in [2.45, 2.75) is 51.5 Å². The smallest absolute Gasteiger partial charge is 0.303 e. The fourth-order valence-electron chi connectivity index (χ4n) is 5.44. The van der Waals surface area contributed by atoms with E-state index in [4.69, 9.17) is 0 Å². The van der Waals surface area contributed by atoms with Crippen LogP contribution >= 0.6 is 0 Å². The molecule has 2 aromatic carbocycles. The summed E-state index contributed by atoms with van der Waals surface area (Å²) in [5, 5.41) is 1.17. The van der Waals surface area contributed by atoms with Gasteiger partial charge in [0.1, 0.15) is 0 Å². The molecule has 2 aliphatic rings. The van der Waals surface area contributed by atoms with Gasteiger partial charge in [0.15, 0.2) is 0 Å². The second-order valence-corrected chi connectivity index (χ2v) is 11.6. The maximum Gasteiger partial charge on any atom is 0.303 e. The molecule has 0 radical (unpaired) electrons. The molecule has 1 aromatic heterocycles. The molecule has 1 amide bonds. The summed E-state index contributed by atoms with van der Waals surface area (Å²) in [5.74, 6) is -0.139. The van der Waals surface area contributed by atoms with Crippen LogP contribution < -0.4 is 4.72 Å². The minimum absolute atomic E-state index is 0.340. The Labute approximate surface area is 201 Å². The summed E-state index contributed by atoms with van der Waals surface area (Å²) in [4.78, 5) is 12.9. The number of rotatable bonds is 4. The maximum atomic E-state index is 12.9. The van der Waals surface area contributed by atoms with Gasteiger partial charge in [0, 0.05) is 42.7 Å². The van der Waals surface area contributed by atoms with Crippen LogP contribution in [0.5, 0.6) is 0 Å². The fraction of sp³-hybridized carbons (Fsp3) is 0.370. The first-order valence-corrected chi connectivity index (χ1v) is 13.4. The predicted molar refractivity (Wildman–Crippen MR) is 137 cm³/mol. The van der Waals surface area contributed by atoms with Gasteiger partial charge in [-0.1, -0.05) is 61.2 Å². The summed E-state index contributed by atoms with van der Waals surface area (Å²) in [6.07, 6.45) is 8.34. The number of allylic oxidation sites excluding steroid dienone is 1. The molecular formula is C27H31N3O3S. The molecule has 1 aliphatic carbocycles. The topological polar surface area (TPSA) is 71.4 Å². The molecule has 34 heavy (non-hydrogen) atoms. The lowest BCUT2D eigenvalue weighted by Gasteiger charge is -2.24. The zero-order valence-electron chi connectivity index (χ0n) is 20.0. The summed E-state index contributed by atoms with van der Waals surface area (Å²) >= 11 is 0. The Hall–Kier alpha value is -2.90. The quantitative estimate of drug-likeness (QED) is 0.554. The van der Waals surface area contributed by atoms with Crippen LogP contribution in [0.15, 0.2) is 48.0 Å². The number of amides is 1. The van der Waals surface area contributed by atoms with Crippen molar-refractivity contribution in [3.8, 4) is 11.3 Å². The molecule has 1 N–H and O–H groups in total. The van der Waals surface area contributed by atoms with Crippen LogP contribution in [-0.2, 0) is 16.8 Å². The third kappa shape index (κ3) is 3.97. The monoisotopic (exact) mass is 477 g/mol. The summed E-state index contributed by atoms with van der Waals surface area (Å²) in [5.41, 5.74) is 7.61. The lowest BCUT2D eigenvalue weighted by atomic mass is 9.81. The van der Waals surface area contributed by atoms with E-state index in [2.05, 4.69) is 46.6 Å². The molecule has 6 nitrogen and oxygen atoms in total. The van der Waals surface area contributed by atoms with E-state index in [0.717, 1.165) is 16.4 Å². The van der Waals surface area contributed by atoms with E-state index in [-0.39, 0.29) is 0 Å². The standard InChI is InChI=1S/C27H31N3O3S/c1-18-15-20-11-7-8-12-22(20)26-25(19-9-5-4-6-10-19)23-14-13-21(16-24(23)30(26)17-18)27(31)28-34(32,33)29(2)3/h7-8,11-16,19H,4-6,9-10,17H2,1-3H3,(H,28,31). The van der Waals surface area contributed by atoms with Gasteiger partial charge in [0.2, 0.25) is 0 Å². The molecule has 2 heterocycles. The van der Waals surface area contributed by atoms with Crippen LogP contribution in [0.4, 0.5) is 0 Å². The van der Waals surface area contributed by atoms with E-state index in [1.54, 1.807) is 6.07 Å². The Kier molecular flexibility index (Phi) is 5.86. The molecule has 0 spiro atoms. The third-order valence-corrected chi connectivity index (χ3v) is 8.51. The highest BCUT2D eigenvalue weighted by Crippen LogP contribution is 2.46. The molecule has 1 fully saturated rings. The summed E-state index contributed by atoms with van der Waals surface area (Å²) in [7, 11) is -1.07. The minimum Gasteiger partial charge on any atom is -0.336 e. The molecule has 0 atom stereocenters. The molecule has 1 saturated carbocycles. The average molecular weight is 478 g/mol. The van der Waals surface area contributed by atoms with E-state index < -0.39 is 16.1 Å². The molecule has 5 rings (SSSR count). The molecular weight excluding hydrogens is 446 g/mol. The van der Waals surface area contributed by atoms with E-state index in [1.165, 1.54) is 79.5 Å².